The molecule has 0 bridgehead atoms. The molecule has 0 spiro atoms. The van der Waals surface area contributed by atoms with Crippen LogP contribution in [0.15, 0.2) is 24.4 Å². The van der Waals surface area contributed by atoms with Gasteiger partial charge in [0, 0.05) is 30.1 Å². The Balaban J connectivity index is 1.43. The smallest absolute Gasteiger partial charge is 0.435 e. The molecule has 1 amide bonds. The Hall–Kier alpha value is -3.21. The first kappa shape index (κ1) is 24.9. The summed E-state index contributed by atoms with van der Waals surface area (Å²) >= 11 is 1.48. The van der Waals surface area contributed by atoms with Crippen molar-refractivity contribution in [1.29, 1.82) is 0 Å². The lowest BCUT2D eigenvalue weighted by Gasteiger charge is -2.33. The summed E-state index contributed by atoms with van der Waals surface area (Å²) in [6, 6.07) is 5.57. The monoisotopic (exact) mass is 500 g/mol. The Kier molecular flexibility index (Phi) is 6.72. The number of carbonyl (C=O) groups excluding carboxylic acids is 2. The van der Waals surface area contributed by atoms with Gasteiger partial charge in [-0.1, -0.05) is 11.3 Å². The first-order valence-corrected chi connectivity index (χ1v) is 12.5. The zero-order valence-corrected chi connectivity index (χ0v) is 21.8. The maximum absolute atomic E-state index is 12.5. The molecule has 2 aromatic heterocycles. The van der Waals surface area contributed by atoms with Gasteiger partial charge in [-0.3, -0.25) is 0 Å². The molecule has 3 aromatic rings. The Morgan fingerprint density at radius 3 is 2.49 bits per heavy atom. The summed E-state index contributed by atoms with van der Waals surface area (Å²) in [4.78, 5) is 26.6. The predicted octanol–water partition coefficient (Wildman–Crippen LogP) is 5.53. The third kappa shape index (κ3) is 6.27. The summed E-state index contributed by atoms with van der Waals surface area (Å²) in [6.07, 6.45) is 2.66. The second-order valence-corrected chi connectivity index (χ2v) is 11.7. The normalized spacial score (nSPS) is 16.9. The van der Waals surface area contributed by atoms with Gasteiger partial charge in [0.1, 0.15) is 16.2 Å². The number of carbonyl (C=O) groups is 2. The highest BCUT2D eigenvalue weighted by Crippen LogP contribution is 2.33. The van der Waals surface area contributed by atoms with E-state index in [-0.39, 0.29) is 12.0 Å². The molecule has 1 aliphatic rings. The molecule has 1 aliphatic heterocycles. The van der Waals surface area contributed by atoms with Gasteiger partial charge in [-0.25, -0.2) is 9.59 Å². The van der Waals surface area contributed by atoms with E-state index in [0.29, 0.717) is 23.7 Å². The van der Waals surface area contributed by atoms with E-state index in [0.717, 1.165) is 28.9 Å². The second-order valence-electron chi connectivity index (χ2n) is 10.6. The molecule has 1 atom stereocenters. The summed E-state index contributed by atoms with van der Waals surface area (Å²) in [5.41, 5.74) is 0.346. The Morgan fingerprint density at radius 1 is 1.06 bits per heavy atom. The van der Waals surface area contributed by atoms with E-state index < -0.39 is 17.3 Å². The van der Waals surface area contributed by atoms with Gasteiger partial charge in [-0.2, -0.15) is 9.78 Å². The van der Waals surface area contributed by atoms with E-state index in [4.69, 9.17) is 9.47 Å². The predicted molar refractivity (Wildman–Crippen MR) is 134 cm³/mol. The molecule has 1 saturated heterocycles. The highest BCUT2D eigenvalue weighted by molar-refractivity contribution is 7.15. The van der Waals surface area contributed by atoms with Crippen LogP contribution in [0.1, 0.15) is 65.3 Å². The van der Waals surface area contributed by atoms with E-state index in [9.17, 15) is 9.59 Å². The molecule has 0 radical (unpaired) electrons. The number of ether oxygens (including phenoxy) is 2. The lowest BCUT2D eigenvalue weighted by atomic mass is 9.99. The fraction of sp³-hybridized carbons (Fsp3) is 0.542. The number of fused-ring (bicyclic) bond motifs is 1. The molecule has 11 heteroatoms. The minimum Gasteiger partial charge on any atom is -0.444 e. The standard InChI is InChI=1S/C24H32N6O4S/c1-23(2,3)33-21(31)29-11-7-8-15(14-29)19-27-28-20(35-19)26-17-9-10-18-16(12-17)13-25-30(18)22(32)34-24(4,5)6/h9-10,12-13,15H,7-8,11,14H2,1-6H3,(H,26,28). The Bertz CT molecular complexity index is 1220. The van der Waals surface area contributed by atoms with Crippen molar-refractivity contribution in [3.8, 4) is 0 Å². The number of aromatic nitrogens is 4. The van der Waals surface area contributed by atoms with Crippen LogP contribution >= 0.6 is 11.3 Å². The third-order valence-electron chi connectivity index (χ3n) is 5.25. The summed E-state index contributed by atoms with van der Waals surface area (Å²) in [5, 5.41) is 18.5. The van der Waals surface area contributed by atoms with Crippen molar-refractivity contribution >= 4 is 45.2 Å². The average molecular weight is 501 g/mol. The maximum atomic E-state index is 12.5. The first-order valence-electron chi connectivity index (χ1n) is 11.7. The van der Waals surface area contributed by atoms with Gasteiger partial charge in [0.05, 0.1) is 11.7 Å². The first-order chi connectivity index (χ1) is 16.4. The third-order valence-corrected chi connectivity index (χ3v) is 6.25. The molecule has 35 heavy (non-hydrogen) atoms. The van der Waals surface area contributed by atoms with Crippen LogP contribution in [0.4, 0.5) is 20.4 Å². The van der Waals surface area contributed by atoms with Crippen molar-refractivity contribution < 1.29 is 19.1 Å². The van der Waals surface area contributed by atoms with Crippen molar-refractivity contribution in [3.63, 3.8) is 0 Å². The fourth-order valence-corrected chi connectivity index (χ4v) is 4.70. The van der Waals surface area contributed by atoms with Crippen molar-refractivity contribution in [2.24, 2.45) is 0 Å². The lowest BCUT2D eigenvalue weighted by Crippen LogP contribution is -2.42. The van der Waals surface area contributed by atoms with Gasteiger partial charge in [0.25, 0.3) is 0 Å². The van der Waals surface area contributed by atoms with Crippen LogP contribution in [0.5, 0.6) is 0 Å². The van der Waals surface area contributed by atoms with Crippen LogP contribution in [0.2, 0.25) is 0 Å². The van der Waals surface area contributed by atoms with Crippen LogP contribution < -0.4 is 5.32 Å². The average Bonchev–Trinajstić information content (AvgIpc) is 3.38. The fourth-order valence-electron chi connectivity index (χ4n) is 3.81. The van der Waals surface area contributed by atoms with Crippen molar-refractivity contribution in [2.45, 2.75) is 71.5 Å². The lowest BCUT2D eigenvalue weighted by molar-refractivity contribution is 0.0197. The van der Waals surface area contributed by atoms with Crippen molar-refractivity contribution in [3.05, 3.63) is 29.4 Å². The molecule has 4 rings (SSSR count). The van der Waals surface area contributed by atoms with Crippen LogP contribution in [0.3, 0.4) is 0 Å². The van der Waals surface area contributed by atoms with Crippen LogP contribution in [-0.4, -0.2) is 61.4 Å². The molecular formula is C24H32N6O4S. The number of likely N-dealkylation sites (tertiary alicyclic amines) is 1. The zero-order valence-electron chi connectivity index (χ0n) is 21.0. The van der Waals surface area contributed by atoms with E-state index >= 15 is 0 Å². The number of anilines is 2. The van der Waals surface area contributed by atoms with Gasteiger partial charge < -0.3 is 19.7 Å². The number of benzene rings is 1. The zero-order chi connectivity index (χ0) is 25.4. The summed E-state index contributed by atoms with van der Waals surface area (Å²) < 4.78 is 12.2. The summed E-state index contributed by atoms with van der Waals surface area (Å²) in [7, 11) is 0. The Labute approximate surface area is 208 Å². The van der Waals surface area contributed by atoms with E-state index in [1.807, 2.05) is 59.7 Å². The highest BCUT2D eigenvalue weighted by Gasteiger charge is 2.30. The molecule has 188 valence electrons. The minimum absolute atomic E-state index is 0.124. The van der Waals surface area contributed by atoms with Crippen molar-refractivity contribution in [1.82, 2.24) is 24.9 Å². The molecular weight excluding hydrogens is 468 g/mol. The molecule has 1 N–H and O–H groups in total. The highest BCUT2D eigenvalue weighted by atomic mass is 32.1. The topological polar surface area (TPSA) is 111 Å². The van der Waals surface area contributed by atoms with Gasteiger partial charge in [0.15, 0.2) is 0 Å². The molecule has 0 aliphatic carbocycles. The molecule has 1 fully saturated rings. The van der Waals surface area contributed by atoms with Gasteiger partial charge in [-0.05, 0) is 72.6 Å². The maximum Gasteiger partial charge on any atom is 0.435 e. The van der Waals surface area contributed by atoms with Gasteiger partial charge >= 0.3 is 12.2 Å². The number of nitrogens with one attached hydrogen (secondary N) is 1. The number of hydrogen-bond donors (Lipinski definition) is 1. The van der Waals surface area contributed by atoms with Gasteiger partial charge in [-0.15, -0.1) is 10.2 Å². The molecule has 10 nitrogen and oxygen atoms in total. The minimum atomic E-state index is -0.603. The number of rotatable bonds is 3. The van der Waals surface area contributed by atoms with Crippen LogP contribution in [0, 0.1) is 0 Å². The SMILES string of the molecule is CC(C)(C)OC(=O)N1CCCC(c2nnc(Nc3ccc4c(cnn4C(=O)OC(C)(C)C)c3)s2)C1. The van der Waals surface area contributed by atoms with Crippen LogP contribution in [-0.2, 0) is 9.47 Å². The summed E-state index contributed by atoms with van der Waals surface area (Å²) in [5.74, 6) is 0.124. The molecule has 3 heterocycles. The number of amides is 1. The Morgan fingerprint density at radius 2 is 1.77 bits per heavy atom. The van der Waals surface area contributed by atoms with E-state index in [1.54, 1.807) is 11.1 Å². The quantitative estimate of drug-likeness (QED) is 0.500. The van der Waals surface area contributed by atoms with E-state index in [1.165, 1.54) is 16.0 Å². The number of nitrogens with zero attached hydrogens (tertiary/aromatic N) is 5. The van der Waals surface area contributed by atoms with E-state index in [2.05, 4.69) is 20.6 Å². The molecule has 0 saturated carbocycles. The largest absolute Gasteiger partial charge is 0.444 e. The molecule has 1 unspecified atom stereocenters. The summed E-state index contributed by atoms with van der Waals surface area (Å²) in [6.45, 7) is 12.3. The second kappa shape index (κ2) is 9.44. The molecule has 1 aromatic carbocycles. The van der Waals surface area contributed by atoms with Gasteiger partial charge in [0.2, 0.25) is 5.13 Å². The van der Waals surface area contributed by atoms with Crippen LogP contribution in [0.25, 0.3) is 10.9 Å². The van der Waals surface area contributed by atoms with Crippen molar-refractivity contribution in [2.75, 3.05) is 18.4 Å². The number of hydrogen-bond acceptors (Lipinski definition) is 9. The number of piperidine rings is 1.